The lowest BCUT2D eigenvalue weighted by molar-refractivity contribution is -0.139. The zero-order chi connectivity index (χ0) is 13.4. The number of rotatable bonds is 8. The number of carbonyl (C=O) groups is 1. The molecule has 1 N–H and O–H groups in total. The van der Waals surface area contributed by atoms with Crippen molar-refractivity contribution in [1.82, 2.24) is 4.98 Å². The zero-order valence-corrected chi connectivity index (χ0v) is 12.2. The Balaban J connectivity index is 2.36. The molecule has 0 aliphatic heterocycles. The quantitative estimate of drug-likeness (QED) is 0.582. The number of methoxy groups -OCH3 is 1. The molecule has 4 nitrogen and oxygen atoms in total. The van der Waals surface area contributed by atoms with Crippen molar-refractivity contribution in [1.29, 1.82) is 0 Å². The van der Waals surface area contributed by atoms with E-state index >= 15 is 0 Å². The van der Waals surface area contributed by atoms with Crippen LogP contribution < -0.4 is 5.32 Å². The van der Waals surface area contributed by atoms with Gasteiger partial charge < -0.3 is 10.1 Å². The summed E-state index contributed by atoms with van der Waals surface area (Å²) in [4.78, 5) is 15.5. The number of nitrogens with one attached hydrogen (secondary N) is 1. The number of anilines is 1. The van der Waals surface area contributed by atoms with Crippen molar-refractivity contribution in [3.05, 3.63) is 11.1 Å². The minimum Gasteiger partial charge on any atom is -0.469 e. The Bertz CT molecular complexity index is 366. The Labute approximate surface area is 113 Å². The van der Waals surface area contributed by atoms with Gasteiger partial charge in [0, 0.05) is 11.4 Å². The van der Waals surface area contributed by atoms with E-state index in [-0.39, 0.29) is 12.4 Å². The second kappa shape index (κ2) is 8.08. The number of hydrogen-bond acceptors (Lipinski definition) is 5. The maximum Gasteiger partial charge on any atom is 0.311 e. The summed E-state index contributed by atoms with van der Waals surface area (Å²) >= 11 is 1.54. The monoisotopic (exact) mass is 270 g/mol. The fourth-order valence-corrected chi connectivity index (χ4v) is 2.48. The summed E-state index contributed by atoms with van der Waals surface area (Å²) in [6.07, 6.45) is 5.16. The summed E-state index contributed by atoms with van der Waals surface area (Å²) in [5.74, 6) is -0.247. The molecule has 1 aromatic rings. The number of carbonyl (C=O) groups excluding carboxylic acids is 1. The van der Waals surface area contributed by atoms with Crippen molar-refractivity contribution in [2.45, 2.75) is 52.0 Å². The topological polar surface area (TPSA) is 51.2 Å². The normalized spacial score (nSPS) is 12.2. The van der Waals surface area contributed by atoms with Crippen LogP contribution in [0.1, 0.15) is 45.2 Å². The third-order valence-electron chi connectivity index (χ3n) is 2.72. The molecule has 1 atom stereocenters. The van der Waals surface area contributed by atoms with Gasteiger partial charge in [-0.15, -0.1) is 11.3 Å². The van der Waals surface area contributed by atoms with Gasteiger partial charge in [-0.25, -0.2) is 4.98 Å². The van der Waals surface area contributed by atoms with Crippen LogP contribution in [-0.2, 0) is 16.0 Å². The molecule has 1 aromatic heterocycles. The third kappa shape index (κ3) is 5.49. The highest BCUT2D eigenvalue weighted by atomic mass is 32.1. The van der Waals surface area contributed by atoms with Crippen molar-refractivity contribution in [2.24, 2.45) is 0 Å². The smallest absolute Gasteiger partial charge is 0.311 e. The lowest BCUT2D eigenvalue weighted by Gasteiger charge is -2.11. The summed E-state index contributed by atoms with van der Waals surface area (Å²) in [6, 6.07) is 0.425. The largest absolute Gasteiger partial charge is 0.469 e. The first-order valence-corrected chi connectivity index (χ1v) is 7.31. The molecule has 0 spiro atoms. The minimum atomic E-state index is -0.247. The van der Waals surface area contributed by atoms with Gasteiger partial charge in [0.1, 0.15) is 0 Å². The molecule has 0 saturated heterocycles. The van der Waals surface area contributed by atoms with E-state index in [9.17, 15) is 4.79 Å². The molecule has 102 valence electrons. The molecule has 1 heterocycles. The van der Waals surface area contributed by atoms with E-state index in [1.807, 2.05) is 5.38 Å². The average molecular weight is 270 g/mol. The van der Waals surface area contributed by atoms with Crippen LogP contribution in [0, 0.1) is 0 Å². The molecule has 1 unspecified atom stereocenters. The van der Waals surface area contributed by atoms with E-state index in [4.69, 9.17) is 0 Å². The predicted octanol–water partition coefficient (Wildman–Crippen LogP) is 3.24. The van der Waals surface area contributed by atoms with E-state index < -0.39 is 0 Å². The van der Waals surface area contributed by atoms with Gasteiger partial charge in [-0.1, -0.05) is 26.2 Å². The Kier molecular flexibility index (Phi) is 6.72. The maximum absolute atomic E-state index is 11.1. The fourth-order valence-electron chi connectivity index (χ4n) is 1.66. The van der Waals surface area contributed by atoms with Crippen LogP contribution in [0.4, 0.5) is 5.13 Å². The van der Waals surface area contributed by atoms with Crippen LogP contribution in [0.3, 0.4) is 0 Å². The van der Waals surface area contributed by atoms with Gasteiger partial charge in [-0.3, -0.25) is 4.79 Å². The van der Waals surface area contributed by atoms with Gasteiger partial charge >= 0.3 is 5.97 Å². The number of thiazole rings is 1. The molecule has 0 radical (unpaired) electrons. The summed E-state index contributed by atoms with van der Waals surface area (Å²) < 4.78 is 4.62. The first-order chi connectivity index (χ1) is 8.65. The molecule has 0 amide bonds. The predicted molar refractivity (Wildman–Crippen MR) is 75.1 cm³/mol. The molecule has 0 saturated carbocycles. The third-order valence-corrected chi connectivity index (χ3v) is 3.54. The van der Waals surface area contributed by atoms with E-state index in [0.29, 0.717) is 6.04 Å². The highest BCUT2D eigenvalue weighted by Crippen LogP contribution is 2.18. The first kappa shape index (κ1) is 15.0. The standard InChI is InChI=1S/C13H22N2O2S/c1-4-5-6-7-10(2)14-13-15-11(9-18-13)8-12(16)17-3/h9-10H,4-8H2,1-3H3,(H,14,15). The van der Waals surface area contributed by atoms with Gasteiger partial charge in [-0.2, -0.15) is 0 Å². The second-order valence-corrected chi connectivity index (χ2v) is 5.30. The number of ether oxygens (including phenoxy) is 1. The van der Waals surface area contributed by atoms with Crippen LogP contribution in [-0.4, -0.2) is 24.1 Å². The SMILES string of the molecule is CCCCCC(C)Nc1nc(CC(=O)OC)cs1. The van der Waals surface area contributed by atoms with E-state index in [1.54, 1.807) is 0 Å². The highest BCUT2D eigenvalue weighted by Gasteiger charge is 2.09. The molecule has 0 fully saturated rings. The summed E-state index contributed by atoms with van der Waals surface area (Å²) in [5.41, 5.74) is 0.773. The lowest BCUT2D eigenvalue weighted by atomic mass is 10.1. The molecular formula is C13H22N2O2S. The summed E-state index contributed by atoms with van der Waals surface area (Å²) in [5, 5.41) is 6.16. The van der Waals surface area contributed by atoms with Crippen molar-refractivity contribution < 1.29 is 9.53 Å². The lowest BCUT2D eigenvalue weighted by Crippen LogP contribution is -2.14. The molecular weight excluding hydrogens is 248 g/mol. The zero-order valence-electron chi connectivity index (χ0n) is 11.4. The van der Waals surface area contributed by atoms with Gasteiger partial charge in [0.2, 0.25) is 0 Å². The Morgan fingerprint density at radius 2 is 2.33 bits per heavy atom. The van der Waals surface area contributed by atoms with Crippen molar-refractivity contribution >= 4 is 22.4 Å². The van der Waals surface area contributed by atoms with Crippen LogP contribution in [0.5, 0.6) is 0 Å². The van der Waals surface area contributed by atoms with E-state index in [2.05, 4.69) is 28.9 Å². The number of aromatic nitrogens is 1. The second-order valence-electron chi connectivity index (χ2n) is 4.44. The Hall–Kier alpha value is -1.10. The van der Waals surface area contributed by atoms with Gasteiger partial charge in [0.25, 0.3) is 0 Å². The minimum absolute atomic E-state index is 0.247. The number of nitrogens with zero attached hydrogens (tertiary/aromatic N) is 1. The van der Waals surface area contributed by atoms with Crippen molar-refractivity contribution in [3.8, 4) is 0 Å². The number of unbranched alkanes of at least 4 members (excludes halogenated alkanes) is 2. The number of esters is 1. The van der Waals surface area contributed by atoms with Gasteiger partial charge in [0.05, 0.1) is 19.2 Å². The highest BCUT2D eigenvalue weighted by molar-refractivity contribution is 7.13. The molecule has 0 bridgehead atoms. The molecule has 5 heteroatoms. The number of hydrogen-bond donors (Lipinski definition) is 1. The molecule has 0 aliphatic carbocycles. The van der Waals surface area contributed by atoms with E-state index in [1.165, 1.54) is 37.7 Å². The van der Waals surface area contributed by atoms with Crippen LogP contribution in [0.25, 0.3) is 0 Å². The van der Waals surface area contributed by atoms with Crippen LogP contribution in [0.15, 0.2) is 5.38 Å². The summed E-state index contributed by atoms with van der Waals surface area (Å²) in [7, 11) is 1.39. The van der Waals surface area contributed by atoms with Gasteiger partial charge in [0.15, 0.2) is 5.13 Å². The van der Waals surface area contributed by atoms with E-state index in [0.717, 1.165) is 17.2 Å². The molecule has 18 heavy (non-hydrogen) atoms. The fraction of sp³-hybridized carbons (Fsp3) is 0.692. The van der Waals surface area contributed by atoms with Gasteiger partial charge in [-0.05, 0) is 13.3 Å². The average Bonchev–Trinajstić information content (AvgIpc) is 2.76. The molecule has 0 aromatic carbocycles. The molecule has 0 aliphatic rings. The molecule has 1 rings (SSSR count). The Morgan fingerprint density at radius 1 is 1.56 bits per heavy atom. The summed E-state index contributed by atoms with van der Waals surface area (Å²) in [6.45, 7) is 4.37. The van der Waals surface area contributed by atoms with Crippen LogP contribution >= 0.6 is 11.3 Å². The maximum atomic E-state index is 11.1. The Morgan fingerprint density at radius 3 is 3.00 bits per heavy atom. The first-order valence-electron chi connectivity index (χ1n) is 6.43. The van der Waals surface area contributed by atoms with Crippen molar-refractivity contribution in [2.75, 3.05) is 12.4 Å². The van der Waals surface area contributed by atoms with Crippen LogP contribution in [0.2, 0.25) is 0 Å². The van der Waals surface area contributed by atoms with Crippen molar-refractivity contribution in [3.63, 3.8) is 0 Å².